The molecule has 0 fully saturated rings. The summed E-state index contributed by atoms with van der Waals surface area (Å²) in [6.45, 7) is 7.19. The fourth-order valence-electron chi connectivity index (χ4n) is 10.1. The van der Waals surface area contributed by atoms with Gasteiger partial charge in [0.1, 0.15) is 19.3 Å². The van der Waals surface area contributed by atoms with Crippen LogP contribution in [-0.4, -0.2) is 96.7 Å². The van der Waals surface area contributed by atoms with Gasteiger partial charge in [0, 0.05) is 25.7 Å². The molecule has 0 amide bonds. The van der Waals surface area contributed by atoms with Crippen molar-refractivity contribution in [3.05, 3.63) is 0 Å². The number of ether oxygens (including phenoxy) is 4. The third-order valence-electron chi connectivity index (χ3n) is 15.5. The fraction of sp³-hybridized carbons (Fsp3) is 0.940. The number of hydrogen-bond donors (Lipinski definition) is 3. The second-order valence-electron chi connectivity index (χ2n) is 24.7. The van der Waals surface area contributed by atoms with Crippen molar-refractivity contribution in [3.63, 3.8) is 0 Å². The van der Waals surface area contributed by atoms with Crippen LogP contribution in [0.3, 0.4) is 0 Å². The Morgan fingerprint density at radius 1 is 0.314 bits per heavy atom. The van der Waals surface area contributed by atoms with Gasteiger partial charge >= 0.3 is 39.5 Å². The molecule has 510 valence electrons. The first-order chi connectivity index (χ1) is 41.5. The number of carbonyl (C=O) groups is 4. The molecule has 19 heteroatoms. The molecule has 0 aromatic rings. The highest BCUT2D eigenvalue weighted by Crippen LogP contribution is 2.45. The lowest BCUT2D eigenvalue weighted by Crippen LogP contribution is -2.30. The van der Waals surface area contributed by atoms with Crippen LogP contribution in [0.4, 0.5) is 0 Å². The van der Waals surface area contributed by atoms with Crippen molar-refractivity contribution >= 4 is 39.5 Å². The van der Waals surface area contributed by atoms with E-state index in [2.05, 4.69) is 34.6 Å². The monoisotopic (exact) mass is 1270 g/mol. The molecule has 0 aromatic heterocycles. The van der Waals surface area contributed by atoms with Gasteiger partial charge in [0.2, 0.25) is 0 Å². The standard InChI is InChI=1S/C67H130O17P2/c1-6-9-12-15-18-21-22-23-26-29-32-37-41-46-51-65(70)78-57-63(84-67(72)53-48-43-38-33-30-27-24-25-28-31-34-39-44-49-60(4)5)59-82-86(75,76)80-55-61(68)54-79-85(73,74)81-58-62(83-66(71)52-47-42-36-20-17-14-11-8-3)56-77-64(69)50-45-40-35-19-16-13-10-7-2/h60-63,68H,6-59H2,1-5H3,(H,73,74)(H,75,76)/t61-,62+,63+/m0/s1. The van der Waals surface area contributed by atoms with Gasteiger partial charge in [-0.05, 0) is 31.6 Å². The molecule has 0 aromatic carbocycles. The van der Waals surface area contributed by atoms with E-state index in [1.54, 1.807) is 0 Å². The zero-order valence-electron chi connectivity index (χ0n) is 55.4. The van der Waals surface area contributed by atoms with E-state index in [-0.39, 0.29) is 25.7 Å². The summed E-state index contributed by atoms with van der Waals surface area (Å²) in [4.78, 5) is 72.2. The smallest absolute Gasteiger partial charge is 0.462 e. The molecule has 0 radical (unpaired) electrons. The van der Waals surface area contributed by atoms with Gasteiger partial charge in [0.15, 0.2) is 12.2 Å². The Morgan fingerprint density at radius 3 is 0.791 bits per heavy atom. The van der Waals surface area contributed by atoms with Gasteiger partial charge in [-0.3, -0.25) is 37.3 Å². The lowest BCUT2D eigenvalue weighted by molar-refractivity contribution is -0.161. The number of unbranched alkanes of at least 4 members (excludes halogenated alkanes) is 39. The molecule has 0 aliphatic carbocycles. The predicted molar refractivity (Wildman–Crippen MR) is 345 cm³/mol. The molecular formula is C67H130O17P2. The summed E-state index contributed by atoms with van der Waals surface area (Å²) in [6, 6.07) is 0. The number of hydrogen-bond acceptors (Lipinski definition) is 15. The molecule has 0 rings (SSSR count). The number of rotatable bonds is 67. The Kier molecular flexibility index (Phi) is 59.2. The van der Waals surface area contributed by atoms with Crippen LogP contribution in [0.5, 0.6) is 0 Å². The van der Waals surface area contributed by atoms with Crippen molar-refractivity contribution < 1.29 is 80.2 Å². The first-order valence-corrected chi connectivity index (χ1v) is 38.1. The average Bonchev–Trinajstić information content (AvgIpc) is 3.65. The van der Waals surface area contributed by atoms with Gasteiger partial charge in [-0.15, -0.1) is 0 Å². The lowest BCUT2D eigenvalue weighted by Gasteiger charge is -2.21. The average molecular weight is 1270 g/mol. The molecule has 86 heavy (non-hydrogen) atoms. The van der Waals surface area contributed by atoms with Crippen molar-refractivity contribution in [3.8, 4) is 0 Å². The van der Waals surface area contributed by atoms with E-state index < -0.39 is 97.5 Å². The van der Waals surface area contributed by atoms with Crippen molar-refractivity contribution in [1.29, 1.82) is 0 Å². The second-order valence-corrected chi connectivity index (χ2v) is 27.6. The summed E-state index contributed by atoms with van der Waals surface area (Å²) in [6.07, 6.45) is 45.9. The number of aliphatic hydroxyl groups is 1. The maximum atomic E-state index is 13.0. The van der Waals surface area contributed by atoms with Gasteiger partial charge in [-0.2, -0.15) is 0 Å². The van der Waals surface area contributed by atoms with Crippen LogP contribution < -0.4 is 0 Å². The van der Waals surface area contributed by atoms with E-state index in [4.69, 9.17) is 37.0 Å². The molecule has 0 spiro atoms. The third-order valence-corrected chi connectivity index (χ3v) is 17.4. The Bertz CT molecular complexity index is 1670. The van der Waals surface area contributed by atoms with Crippen LogP contribution in [0.15, 0.2) is 0 Å². The Balaban J connectivity index is 5.19. The molecule has 2 unspecified atom stereocenters. The Labute approximate surface area is 524 Å². The van der Waals surface area contributed by atoms with Crippen molar-refractivity contribution in [2.24, 2.45) is 5.92 Å². The minimum Gasteiger partial charge on any atom is -0.462 e. The first-order valence-electron chi connectivity index (χ1n) is 35.1. The van der Waals surface area contributed by atoms with Gasteiger partial charge in [0.05, 0.1) is 26.4 Å². The molecule has 0 aliphatic rings. The molecule has 0 saturated heterocycles. The van der Waals surface area contributed by atoms with Crippen LogP contribution in [0.2, 0.25) is 0 Å². The largest absolute Gasteiger partial charge is 0.472 e. The summed E-state index contributed by atoms with van der Waals surface area (Å²) < 4.78 is 68.0. The first kappa shape index (κ1) is 84.1. The number of phosphoric acid groups is 2. The van der Waals surface area contributed by atoms with Crippen LogP contribution in [0.1, 0.15) is 343 Å². The summed E-state index contributed by atoms with van der Waals surface area (Å²) in [5.74, 6) is -1.34. The maximum absolute atomic E-state index is 13.0. The molecule has 5 atom stereocenters. The van der Waals surface area contributed by atoms with Crippen LogP contribution in [-0.2, 0) is 65.4 Å². The van der Waals surface area contributed by atoms with E-state index >= 15 is 0 Å². The molecule has 0 bridgehead atoms. The van der Waals surface area contributed by atoms with Gasteiger partial charge < -0.3 is 33.8 Å². The lowest BCUT2D eigenvalue weighted by atomic mass is 10.0. The van der Waals surface area contributed by atoms with Crippen LogP contribution in [0.25, 0.3) is 0 Å². The minimum atomic E-state index is -4.95. The number of phosphoric ester groups is 2. The maximum Gasteiger partial charge on any atom is 0.472 e. The predicted octanol–water partition coefficient (Wildman–Crippen LogP) is 19.0. The molecule has 0 saturated carbocycles. The summed E-state index contributed by atoms with van der Waals surface area (Å²) in [7, 11) is -9.88. The highest BCUT2D eigenvalue weighted by molar-refractivity contribution is 7.47. The number of carbonyl (C=O) groups excluding carboxylic acids is 4. The van der Waals surface area contributed by atoms with Gasteiger partial charge in [-0.1, -0.05) is 291 Å². The summed E-state index contributed by atoms with van der Waals surface area (Å²) in [5, 5.41) is 10.5. The molecular weight excluding hydrogens is 1140 g/mol. The fourth-order valence-corrected chi connectivity index (χ4v) is 11.7. The molecule has 0 heterocycles. The third kappa shape index (κ3) is 60.9. The highest BCUT2D eigenvalue weighted by atomic mass is 31.2. The van der Waals surface area contributed by atoms with Gasteiger partial charge in [0.25, 0.3) is 0 Å². The van der Waals surface area contributed by atoms with Crippen LogP contribution >= 0.6 is 15.6 Å². The van der Waals surface area contributed by atoms with E-state index in [1.807, 2.05) is 0 Å². The second kappa shape index (κ2) is 60.6. The van der Waals surface area contributed by atoms with E-state index in [0.717, 1.165) is 109 Å². The normalized spacial score (nSPS) is 14.2. The topological polar surface area (TPSA) is 237 Å². The van der Waals surface area contributed by atoms with Crippen molar-refractivity contribution in [2.45, 2.75) is 361 Å². The van der Waals surface area contributed by atoms with Gasteiger partial charge in [-0.25, -0.2) is 9.13 Å². The number of aliphatic hydroxyl groups excluding tert-OH is 1. The Hall–Kier alpha value is -1.94. The zero-order valence-corrected chi connectivity index (χ0v) is 57.2. The quantitative estimate of drug-likeness (QED) is 0.0222. The van der Waals surface area contributed by atoms with E-state index in [1.165, 1.54) is 154 Å². The molecule has 17 nitrogen and oxygen atoms in total. The minimum absolute atomic E-state index is 0.105. The summed E-state index contributed by atoms with van der Waals surface area (Å²) in [5.41, 5.74) is 0. The highest BCUT2D eigenvalue weighted by Gasteiger charge is 2.30. The van der Waals surface area contributed by atoms with Crippen LogP contribution in [0, 0.1) is 5.92 Å². The number of esters is 4. The zero-order chi connectivity index (χ0) is 63.5. The van der Waals surface area contributed by atoms with E-state index in [0.29, 0.717) is 25.7 Å². The summed E-state index contributed by atoms with van der Waals surface area (Å²) >= 11 is 0. The molecule has 3 N–H and O–H groups in total. The Morgan fingerprint density at radius 2 is 0.535 bits per heavy atom. The molecule has 0 aliphatic heterocycles. The van der Waals surface area contributed by atoms with E-state index in [9.17, 15) is 43.2 Å². The van der Waals surface area contributed by atoms with Crippen molar-refractivity contribution in [1.82, 2.24) is 0 Å². The SMILES string of the molecule is CCCCCCCCCCCCCCCCC(=O)OC[C@H](COP(=O)(O)OC[C@@H](O)COP(=O)(O)OC[C@@H](COC(=O)CCCCCCCCCC)OC(=O)CCCCCCCCCC)OC(=O)CCCCCCCCCCCCCCCC(C)C. The van der Waals surface area contributed by atoms with Crippen molar-refractivity contribution in [2.75, 3.05) is 39.6 Å².